The maximum absolute atomic E-state index is 12.6. The maximum atomic E-state index is 12.6. The first kappa shape index (κ1) is 18.0. The molecule has 0 fully saturated rings. The molecule has 0 spiro atoms. The van der Waals surface area contributed by atoms with E-state index in [1.807, 2.05) is 6.92 Å². The van der Waals surface area contributed by atoms with Crippen molar-refractivity contribution in [3.05, 3.63) is 28.3 Å². The lowest BCUT2D eigenvalue weighted by Crippen LogP contribution is -2.20. The van der Waals surface area contributed by atoms with Gasteiger partial charge in [0, 0.05) is 18.3 Å². The molecule has 2 rings (SSSR count). The normalized spacial score (nSPS) is 11.8. The lowest BCUT2D eigenvalue weighted by molar-refractivity contribution is -0.142. The van der Waals surface area contributed by atoms with E-state index in [1.165, 1.54) is 6.92 Å². The van der Waals surface area contributed by atoms with E-state index in [0.717, 1.165) is 10.4 Å². The number of hydrogen-bond donors (Lipinski definition) is 1. The summed E-state index contributed by atoms with van der Waals surface area (Å²) in [5.41, 5.74) is 3.40. The fraction of sp³-hybridized carbons (Fsp3) is 0.533. The molecule has 6 nitrogen and oxygen atoms in total. The molecule has 0 aromatic carbocycles. The zero-order valence-corrected chi connectivity index (χ0v) is 14.2. The van der Waals surface area contributed by atoms with Gasteiger partial charge in [0.15, 0.2) is 0 Å². The van der Waals surface area contributed by atoms with Gasteiger partial charge >= 0.3 is 6.18 Å². The van der Waals surface area contributed by atoms with Crippen LogP contribution in [0.5, 0.6) is 0 Å². The topological polar surface area (TPSA) is 64.7 Å². The quantitative estimate of drug-likeness (QED) is 0.928. The number of hydrogen-bond acceptors (Lipinski definition) is 3. The highest BCUT2D eigenvalue weighted by molar-refractivity contribution is 5.93. The van der Waals surface area contributed by atoms with Crippen molar-refractivity contribution in [2.75, 3.05) is 5.32 Å². The molecule has 2 heterocycles. The second-order valence-electron chi connectivity index (χ2n) is 5.82. The van der Waals surface area contributed by atoms with Crippen molar-refractivity contribution in [1.29, 1.82) is 0 Å². The van der Waals surface area contributed by atoms with Crippen molar-refractivity contribution in [3.8, 4) is 0 Å². The summed E-state index contributed by atoms with van der Waals surface area (Å²) in [6.07, 6.45) is -4.39. The molecule has 0 bridgehead atoms. The molecule has 0 saturated heterocycles. The third-order valence-corrected chi connectivity index (χ3v) is 3.97. The van der Waals surface area contributed by atoms with Crippen LogP contribution in [-0.2, 0) is 24.8 Å². The van der Waals surface area contributed by atoms with E-state index >= 15 is 0 Å². The first-order valence-corrected chi connectivity index (χ1v) is 7.39. The van der Waals surface area contributed by atoms with Crippen LogP contribution in [0.2, 0.25) is 0 Å². The van der Waals surface area contributed by atoms with Crippen molar-refractivity contribution < 1.29 is 18.0 Å². The van der Waals surface area contributed by atoms with E-state index in [1.54, 1.807) is 25.6 Å². The summed E-state index contributed by atoms with van der Waals surface area (Å²) < 4.78 is 40.2. The Balaban J connectivity index is 2.17. The van der Waals surface area contributed by atoms with Gasteiger partial charge in [-0.15, -0.1) is 0 Å². The number of rotatable bonds is 4. The van der Waals surface area contributed by atoms with Crippen LogP contribution in [0.3, 0.4) is 0 Å². The Labute approximate surface area is 137 Å². The van der Waals surface area contributed by atoms with Crippen LogP contribution >= 0.6 is 0 Å². The molecule has 0 unspecified atom stereocenters. The minimum Gasteiger partial charge on any atom is -0.323 e. The van der Waals surface area contributed by atoms with Gasteiger partial charge in [-0.3, -0.25) is 14.2 Å². The van der Waals surface area contributed by atoms with E-state index in [2.05, 4.69) is 15.5 Å². The molecule has 0 atom stereocenters. The van der Waals surface area contributed by atoms with Crippen LogP contribution in [0, 0.1) is 27.7 Å². The first-order valence-electron chi connectivity index (χ1n) is 7.39. The van der Waals surface area contributed by atoms with E-state index in [9.17, 15) is 18.0 Å². The number of carbonyl (C=O) groups is 1. The summed E-state index contributed by atoms with van der Waals surface area (Å²) >= 11 is 0. The summed E-state index contributed by atoms with van der Waals surface area (Å²) in [6, 6.07) is 0. The molecule has 9 heteroatoms. The number of nitrogens with zero attached hydrogens (tertiary/aromatic N) is 4. The Morgan fingerprint density at radius 2 is 1.71 bits per heavy atom. The van der Waals surface area contributed by atoms with Crippen LogP contribution in [0.15, 0.2) is 0 Å². The van der Waals surface area contributed by atoms with Gasteiger partial charge in [-0.2, -0.15) is 23.4 Å². The van der Waals surface area contributed by atoms with E-state index in [-0.39, 0.29) is 12.3 Å². The van der Waals surface area contributed by atoms with Crippen LogP contribution in [0.1, 0.15) is 28.3 Å². The number of halogens is 3. The second-order valence-corrected chi connectivity index (χ2v) is 5.82. The van der Waals surface area contributed by atoms with Crippen molar-refractivity contribution >= 4 is 11.6 Å². The Morgan fingerprint density at radius 3 is 2.21 bits per heavy atom. The summed E-state index contributed by atoms with van der Waals surface area (Å²) in [5, 5.41) is 10.9. The third kappa shape index (κ3) is 3.77. The minimum atomic E-state index is -4.35. The highest BCUT2D eigenvalue weighted by atomic mass is 19.4. The van der Waals surface area contributed by atoms with Crippen molar-refractivity contribution in [2.24, 2.45) is 7.05 Å². The van der Waals surface area contributed by atoms with E-state index in [4.69, 9.17) is 0 Å². The molecule has 2 aromatic rings. The first-order chi connectivity index (χ1) is 11.0. The van der Waals surface area contributed by atoms with Crippen LogP contribution in [0.25, 0.3) is 0 Å². The fourth-order valence-electron chi connectivity index (χ4n) is 2.61. The monoisotopic (exact) mass is 343 g/mol. The van der Waals surface area contributed by atoms with Crippen molar-refractivity contribution in [3.63, 3.8) is 0 Å². The van der Waals surface area contributed by atoms with Gasteiger partial charge in [0.1, 0.15) is 6.54 Å². The molecule has 0 radical (unpaired) electrons. The smallest absolute Gasteiger partial charge is 0.323 e. The van der Waals surface area contributed by atoms with Crippen LogP contribution in [-0.4, -0.2) is 31.6 Å². The summed E-state index contributed by atoms with van der Waals surface area (Å²) in [4.78, 5) is 12.3. The van der Waals surface area contributed by atoms with E-state index < -0.39 is 12.7 Å². The molecule has 1 amide bonds. The third-order valence-electron chi connectivity index (χ3n) is 3.97. The Morgan fingerprint density at radius 1 is 1.08 bits per heavy atom. The molecule has 1 N–H and O–H groups in total. The molecule has 24 heavy (non-hydrogen) atoms. The highest BCUT2D eigenvalue weighted by Gasteiger charge is 2.30. The predicted octanol–water partition coefficient (Wildman–Crippen LogP) is 2.59. The number of alkyl halides is 3. The lowest BCUT2D eigenvalue weighted by Gasteiger charge is -2.09. The van der Waals surface area contributed by atoms with Gasteiger partial charge < -0.3 is 5.32 Å². The number of carbonyl (C=O) groups excluding carboxylic acids is 1. The number of amides is 1. The molecule has 0 saturated carbocycles. The second kappa shape index (κ2) is 6.29. The maximum Gasteiger partial charge on any atom is 0.408 e. The standard InChI is InChI=1S/C15H20F3N5O/c1-8-12(10(3)23(21-8)7-15(16,17)18)6-13(24)19-14-9(2)20-22(5)11(14)4/h6-7H2,1-5H3,(H,19,24). The Hall–Kier alpha value is -2.32. The van der Waals surface area contributed by atoms with Gasteiger partial charge in [0.25, 0.3) is 0 Å². The highest BCUT2D eigenvalue weighted by Crippen LogP contribution is 2.22. The average molecular weight is 343 g/mol. The van der Waals surface area contributed by atoms with Crippen LogP contribution in [0.4, 0.5) is 18.9 Å². The molecule has 0 aliphatic rings. The van der Waals surface area contributed by atoms with Gasteiger partial charge in [0.2, 0.25) is 5.91 Å². The SMILES string of the molecule is Cc1nn(CC(F)(F)F)c(C)c1CC(=O)Nc1c(C)nn(C)c1C. The molecule has 132 valence electrons. The van der Waals surface area contributed by atoms with Gasteiger partial charge in [-0.1, -0.05) is 0 Å². The number of aromatic nitrogens is 4. The van der Waals surface area contributed by atoms with Gasteiger partial charge in [-0.25, -0.2) is 0 Å². The zero-order valence-electron chi connectivity index (χ0n) is 14.2. The summed E-state index contributed by atoms with van der Waals surface area (Å²) in [6.45, 7) is 5.58. The molecule has 2 aromatic heterocycles. The lowest BCUT2D eigenvalue weighted by atomic mass is 10.1. The fourth-order valence-corrected chi connectivity index (χ4v) is 2.61. The molecule has 0 aliphatic carbocycles. The summed E-state index contributed by atoms with van der Waals surface area (Å²) in [5.74, 6) is -0.313. The van der Waals surface area contributed by atoms with Crippen molar-refractivity contribution in [1.82, 2.24) is 19.6 Å². The van der Waals surface area contributed by atoms with Gasteiger partial charge in [0.05, 0.1) is 29.2 Å². The average Bonchev–Trinajstić information content (AvgIpc) is 2.82. The zero-order chi connectivity index (χ0) is 18.2. The Kier molecular flexibility index (Phi) is 4.73. The number of anilines is 1. The summed E-state index contributed by atoms with van der Waals surface area (Å²) in [7, 11) is 1.77. The molecular formula is C15H20F3N5O. The van der Waals surface area contributed by atoms with Crippen LogP contribution < -0.4 is 5.32 Å². The number of aryl methyl sites for hydroxylation is 3. The van der Waals surface area contributed by atoms with E-state index in [0.29, 0.717) is 28.3 Å². The van der Waals surface area contributed by atoms with Gasteiger partial charge in [-0.05, 0) is 27.7 Å². The van der Waals surface area contributed by atoms with Crippen molar-refractivity contribution in [2.45, 2.75) is 46.8 Å². The predicted molar refractivity (Wildman–Crippen MR) is 82.8 cm³/mol. The Bertz CT molecular complexity index is 773. The largest absolute Gasteiger partial charge is 0.408 e. The number of nitrogens with one attached hydrogen (secondary N) is 1. The molecular weight excluding hydrogens is 323 g/mol. The minimum absolute atomic E-state index is 0.0384. The molecule has 0 aliphatic heterocycles.